The van der Waals surface area contributed by atoms with E-state index in [1.54, 1.807) is 12.4 Å². The molecule has 0 saturated heterocycles. The van der Waals surface area contributed by atoms with Crippen molar-refractivity contribution in [3.8, 4) is 0 Å². The Kier molecular flexibility index (Phi) is 6.49. The van der Waals surface area contributed by atoms with Crippen molar-refractivity contribution in [1.82, 2.24) is 14.9 Å². The van der Waals surface area contributed by atoms with E-state index in [2.05, 4.69) is 31.3 Å². The highest BCUT2D eigenvalue weighted by atomic mass is 35.5. The molecule has 0 saturated carbocycles. The Morgan fingerprint density at radius 3 is 1.56 bits per heavy atom. The van der Waals surface area contributed by atoms with Crippen molar-refractivity contribution in [2.75, 3.05) is 16.7 Å². The number of benzene rings is 2. The Balaban J connectivity index is 0.00000225. The van der Waals surface area contributed by atoms with Crippen molar-refractivity contribution >= 4 is 36.7 Å². The van der Waals surface area contributed by atoms with Gasteiger partial charge in [-0.15, -0.1) is 22.6 Å². The van der Waals surface area contributed by atoms with Crippen LogP contribution < -0.4 is 16.7 Å². The Labute approximate surface area is 150 Å². The number of nitrogens with one attached hydrogen (secondary N) is 2. The number of nitrogen functional groups attached to an aromatic ring is 1. The Morgan fingerprint density at radius 2 is 1.16 bits per heavy atom. The molecular formula is C16H17ClN8. The van der Waals surface area contributed by atoms with Gasteiger partial charge in [-0.2, -0.15) is 14.9 Å². The van der Waals surface area contributed by atoms with Crippen molar-refractivity contribution < 1.29 is 0 Å². The predicted octanol–water partition coefficient (Wildman–Crippen LogP) is 2.31. The Morgan fingerprint density at radius 1 is 0.760 bits per heavy atom. The lowest BCUT2D eigenvalue weighted by molar-refractivity contribution is 0.981. The van der Waals surface area contributed by atoms with Crippen LogP contribution in [-0.2, 0) is 0 Å². The second-order valence-electron chi connectivity index (χ2n) is 4.78. The molecule has 0 aliphatic heterocycles. The van der Waals surface area contributed by atoms with E-state index in [4.69, 9.17) is 5.84 Å². The molecule has 3 aromatic rings. The molecule has 0 aliphatic rings. The van der Waals surface area contributed by atoms with Crippen LogP contribution in [0.15, 0.2) is 70.9 Å². The van der Waals surface area contributed by atoms with Crippen LogP contribution in [0.2, 0.25) is 0 Å². The van der Waals surface area contributed by atoms with Crippen LogP contribution in [0.5, 0.6) is 0 Å². The third kappa shape index (κ3) is 5.05. The zero-order valence-electron chi connectivity index (χ0n) is 13.1. The first-order chi connectivity index (χ1) is 11.8. The number of aromatic nitrogens is 3. The molecule has 25 heavy (non-hydrogen) atoms. The highest BCUT2D eigenvalue weighted by Crippen LogP contribution is 2.07. The molecule has 0 fully saturated rings. The average Bonchev–Trinajstić information content (AvgIpc) is 2.97. The van der Waals surface area contributed by atoms with Gasteiger partial charge in [0.15, 0.2) is 0 Å². The predicted molar refractivity (Wildman–Crippen MR) is 103 cm³/mol. The summed E-state index contributed by atoms with van der Waals surface area (Å²) in [6, 6.07) is 19.3. The molecule has 0 spiro atoms. The molecule has 8 nitrogen and oxygen atoms in total. The molecule has 3 rings (SSSR count). The molecule has 9 heteroatoms. The van der Waals surface area contributed by atoms with Crippen LogP contribution in [0.1, 0.15) is 11.1 Å². The SMILES string of the molecule is Cl.Nn1c(N/N=C\c2ccccc2)nnc1N/N=C/c1ccccc1. The van der Waals surface area contributed by atoms with Gasteiger partial charge in [0.2, 0.25) is 0 Å². The van der Waals surface area contributed by atoms with Crippen LogP contribution >= 0.6 is 12.4 Å². The van der Waals surface area contributed by atoms with Gasteiger partial charge < -0.3 is 5.84 Å². The maximum Gasteiger partial charge on any atom is 0.265 e. The second-order valence-corrected chi connectivity index (χ2v) is 4.78. The van der Waals surface area contributed by atoms with Gasteiger partial charge in [-0.25, -0.2) is 10.9 Å². The summed E-state index contributed by atoms with van der Waals surface area (Å²) in [5.41, 5.74) is 7.38. The standard InChI is InChI=1S/C16H16N8.ClH/c17-24-15(20-18-11-13-7-3-1-4-8-13)22-23-16(24)21-19-12-14-9-5-2-6-10-14;/h1-12H,17H2,(H,20,22)(H,21,23);1H/b18-11-,19-12+;. The number of nitrogens with zero attached hydrogens (tertiary/aromatic N) is 5. The Hall–Kier alpha value is -3.39. The lowest BCUT2D eigenvalue weighted by Crippen LogP contribution is -2.14. The topological polar surface area (TPSA) is 106 Å². The molecule has 0 unspecified atom stereocenters. The summed E-state index contributed by atoms with van der Waals surface area (Å²) in [7, 11) is 0. The minimum Gasteiger partial charge on any atom is -0.333 e. The first kappa shape index (κ1) is 18.0. The number of anilines is 2. The summed E-state index contributed by atoms with van der Waals surface area (Å²) in [4.78, 5) is 0. The number of hydrogen-bond donors (Lipinski definition) is 3. The molecule has 1 aromatic heterocycles. The van der Waals surface area contributed by atoms with E-state index in [0.717, 1.165) is 11.1 Å². The lowest BCUT2D eigenvalue weighted by Gasteiger charge is -2.01. The van der Waals surface area contributed by atoms with Gasteiger partial charge in [0.25, 0.3) is 11.9 Å². The van der Waals surface area contributed by atoms with Crippen LogP contribution in [0, 0.1) is 0 Å². The highest BCUT2D eigenvalue weighted by molar-refractivity contribution is 5.85. The smallest absolute Gasteiger partial charge is 0.265 e. The van der Waals surface area contributed by atoms with Crippen LogP contribution in [-0.4, -0.2) is 27.3 Å². The summed E-state index contributed by atoms with van der Waals surface area (Å²) in [6.07, 6.45) is 3.32. The van der Waals surface area contributed by atoms with E-state index in [1.165, 1.54) is 4.68 Å². The van der Waals surface area contributed by atoms with Gasteiger partial charge in [-0.05, 0) is 11.1 Å². The normalized spacial score (nSPS) is 10.7. The average molecular weight is 357 g/mol. The van der Waals surface area contributed by atoms with Crippen molar-refractivity contribution in [3.63, 3.8) is 0 Å². The molecule has 2 aromatic carbocycles. The maximum atomic E-state index is 5.88. The van der Waals surface area contributed by atoms with Gasteiger partial charge in [-0.1, -0.05) is 60.7 Å². The zero-order chi connectivity index (χ0) is 16.6. The number of hydrazone groups is 2. The molecule has 1 heterocycles. The minimum absolute atomic E-state index is 0. The highest BCUT2D eigenvalue weighted by Gasteiger charge is 2.07. The number of hydrogen-bond acceptors (Lipinski definition) is 7. The fourth-order valence-corrected chi connectivity index (χ4v) is 1.85. The van der Waals surface area contributed by atoms with E-state index in [1.807, 2.05) is 60.7 Å². The molecular weight excluding hydrogens is 340 g/mol. The molecule has 128 valence electrons. The summed E-state index contributed by atoms with van der Waals surface area (Å²) in [5, 5.41) is 15.9. The molecule has 0 amide bonds. The molecule has 4 N–H and O–H groups in total. The maximum absolute atomic E-state index is 5.88. The van der Waals surface area contributed by atoms with Crippen LogP contribution in [0.3, 0.4) is 0 Å². The minimum atomic E-state index is 0. The van der Waals surface area contributed by atoms with E-state index < -0.39 is 0 Å². The van der Waals surface area contributed by atoms with Crippen LogP contribution in [0.25, 0.3) is 0 Å². The fraction of sp³-hybridized carbons (Fsp3) is 0. The van der Waals surface area contributed by atoms with Crippen molar-refractivity contribution in [2.24, 2.45) is 10.2 Å². The van der Waals surface area contributed by atoms with E-state index in [0.29, 0.717) is 11.9 Å². The molecule has 0 aliphatic carbocycles. The lowest BCUT2D eigenvalue weighted by atomic mass is 10.2. The zero-order valence-corrected chi connectivity index (χ0v) is 14.0. The first-order valence-corrected chi connectivity index (χ1v) is 7.21. The van der Waals surface area contributed by atoms with Crippen molar-refractivity contribution in [3.05, 3.63) is 71.8 Å². The van der Waals surface area contributed by atoms with Crippen LogP contribution in [0.4, 0.5) is 11.9 Å². The van der Waals surface area contributed by atoms with E-state index >= 15 is 0 Å². The van der Waals surface area contributed by atoms with Gasteiger partial charge in [0.1, 0.15) is 0 Å². The Bertz CT molecular complexity index is 761. The molecule has 0 radical (unpaired) electrons. The fourth-order valence-electron chi connectivity index (χ4n) is 1.85. The number of rotatable bonds is 6. The monoisotopic (exact) mass is 356 g/mol. The second kappa shape index (κ2) is 9.04. The number of halogens is 1. The van der Waals surface area contributed by atoms with Gasteiger partial charge in [-0.3, -0.25) is 0 Å². The third-order valence-corrected chi connectivity index (χ3v) is 3.05. The summed E-state index contributed by atoms with van der Waals surface area (Å²) < 4.78 is 1.23. The van der Waals surface area contributed by atoms with E-state index in [9.17, 15) is 0 Å². The van der Waals surface area contributed by atoms with Gasteiger partial charge in [0.05, 0.1) is 12.4 Å². The first-order valence-electron chi connectivity index (χ1n) is 7.21. The van der Waals surface area contributed by atoms with Gasteiger partial charge >= 0.3 is 0 Å². The summed E-state index contributed by atoms with van der Waals surface area (Å²) in [5.74, 6) is 6.46. The summed E-state index contributed by atoms with van der Waals surface area (Å²) in [6.45, 7) is 0. The van der Waals surface area contributed by atoms with Gasteiger partial charge in [0, 0.05) is 0 Å². The third-order valence-electron chi connectivity index (χ3n) is 3.05. The largest absolute Gasteiger partial charge is 0.333 e. The van der Waals surface area contributed by atoms with E-state index in [-0.39, 0.29) is 12.4 Å². The summed E-state index contributed by atoms with van der Waals surface area (Å²) >= 11 is 0. The van der Waals surface area contributed by atoms with Crippen molar-refractivity contribution in [1.29, 1.82) is 0 Å². The quantitative estimate of drug-likeness (QED) is 0.357. The van der Waals surface area contributed by atoms with Crippen molar-refractivity contribution in [2.45, 2.75) is 0 Å². The molecule has 0 bridgehead atoms. The molecule has 0 atom stereocenters. The number of nitrogens with two attached hydrogens (primary N) is 1.